The zero-order valence-corrected chi connectivity index (χ0v) is 13.2. The van der Waals surface area contributed by atoms with Gasteiger partial charge in [0.2, 0.25) is 10.0 Å². The Kier molecular flexibility index (Phi) is 4.62. The first-order chi connectivity index (χ1) is 9.81. The molecular weight excluding hydrogens is 336 g/mol. The Morgan fingerprint density at radius 1 is 1.38 bits per heavy atom. The maximum atomic E-state index is 12.3. The number of thiophene rings is 1. The molecule has 9 heteroatoms. The summed E-state index contributed by atoms with van der Waals surface area (Å²) in [6.45, 7) is 1.70. The van der Waals surface area contributed by atoms with E-state index >= 15 is 0 Å². The van der Waals surface area contributed by atoms with Crippen LogP contribution in [-0.4, -0.2) is 13.3 Å². The van der Waals surface area contributed by atoms with Crippen molar-refractivity contribution in [2.45, 2.75) is 17.9 Å². The van der Waals surface area contributed by atoms with Gasteiger partial charge in [-0.1, -0.05) is 11.6 Å². The van der Waals surface area contributed by atoms with Crippen molar-refractivity contribution >= 4 is 38.6 Å². The van der Waals surface area contributed by atoms with Crippen molar-refractivity contribution in [1.29, 1.82) is 0 Å². The van der Waals surface area contributed by atoms with Gasteiger partial charge in [-0.2, -0.15) is 11.3 Å². The average Bonchev–Trinajstić information content (AvgIpc) is 2.92. The van der Waals surface area contributed by atoms with Gasteiger partial charge in [0, 0.05) is 12.1 Å². The molecule has 1 atom stereocenters. The van der Waals surface area contributed by atoms with Crippen LogP contribution >= 0.6 is 22.9 Å². The molecule has 0 aliphatic rings. The maximum absolute atomic E-state index is 12.3. The Bertz CT molecular complexity index is 760. The molecule has 0 aliphatic heterocycles. The lowest BCUT2D eigenvalue weighted by molar-refractivity contribution is -0.384. The summed E-state index contributed by atoms with van der Waals surface area (Å²) in [6.07, 6.45) is 0. The van der Waals surface area contributed by atoms with Gasteiger partial charge in [0.25, 0.3) is 5.69 Å². The van der Waals surface area contributed by atoms with Crippen LogP contribution in [0.4, 0.5) is 5.69 Å². The molecule has 0 aliphatic carbocycles. The summed E-state index contributed by atoms with van der Waals surface area (Å²) in [5.74, 6) is 0. The molecule has 1 N–H and O–H groups in total. The van der Waals surface area contributed by atoms with E-state index in [9.17, 15) is 18.5 Å². The van der Waals surface area contributed by atoms with Crippen molar-refractivity contribution < 1.29 is 13.3 Å². The minimum absolute atomic E-state index is 0.107. The number of halogens is 1. The van der Waals surface area contributed by atoms with Crippen molar-refractivity contribution in [3.63, 3.8) is 0 Å². The molecule has 21 heavy (non-hydrogen) atoms. The number of nitrogens with zero attached hydrogens (tertiary/aromatic N) is 1. The van der Waals surface area contributed by atoms with Gasteiger partial charge in [-0.15, -0.1) is 0 Å². The highest BCUT2D eigenvalue weighted by atomic mass is 35.5. The van der Waals surface area contributed by atoms with Crippen LogP contribution in [-0.2, 0) is 10.0 Å². The molecule has 6 nitrogen and oxygen atoms in total. The Balaban J connectivity index is 2.32. The van der Waals surface area contributed by atoms with E-state index in [1.165, 1.54) is 23.5 Å². The standard InChI is InChI=1S/C12H11ClN2O4S2/c1-8(9-4-5-20-7-9)14-21(18,19)10-2-3-11(13)12(6-10)15(16)17/h2-8,14H,1H3. The lowest BCUT2D eigenvalue weighted by Crippen LogP contribution is -2.26. The third kappa shape index (κ3) is 3.59. The number of nitrogens with one attached hydrogen (secondary N) is 1. The molecule has 0 fully saturated rings. The van der Waals surface area contributed by atoms with Gasteiger partial charge in [-0.25, -0.2) is 13.1 Å². The van der Waals surface area contributed by atoms with Crippen LogP contribution < -0.4 is 4.72 Å². The summed E-state index contributed by atoms with van der Waals surface area (Å²) in [6, 6.07) is 4.75. The summed E-state index contributed by atoms with van der Waals surface area (Å²) < 4.78 is 27.0. The third-order valence-corrected chi connectivity index (χ3v) is 5.36. The minimum atomic E-state index is -3.87. The molecule has 1 aromatic heterocycles. The SMILES string of the molecule is CC(NS(=O)(=O)c1ccc(Cl)c([N+](=O)[O-])c1)c1ccsc1. The maximum Gasteiger partial charge on any atom is 0.289 e. The second kappa shape index (κ2) is 6.10. The van der Waals surface area contributed by atoms with E-state index in [0.717, 1.165) is 11.6 Å². The molecule has 1 aromatic carbocycles. The Morgan fingerprint density at radius 2 is 2.10 bits per heavy atom. The quantitative estimate of drug-likeness (QED) is 0.664. The number of hydrogen-bond acceptors (Lipinski definition) is 5. The van der Waals surface area contributed by atoms with E-state index in [1.54, 1.807) is 6.92 Å². The van der Waals surface area contributed by atoms with Crippen molar-refractivity contribution in [2.75, 3.05) is 0 Å². The molecule has 0 radical (unpaired) electrons. The summed E-state index contributed by atoms with van der Waals surface area (Å²) in [5.41, 5.74) is 0.384. The van der Waals surface area contributed by atoms with Crippen LogP contribution in [0.15, 0.2) is 39.9 Å². The highest BCUT2D eigenvalue weighted by Gasteiger charge is 2.22. The molecule has 1 unspecified atom stereocenters. The van der Waals surface area contributed by atoms with E-state index in [0.29, 0.717) is 0 Å². The molecule has 1 heterocycles. The van der Waals surface area contributed by atoms with Gasteiger partial charge in [0.15, 0.2) is 0 Å². The molecule has 0 bridgehead atoms. The van der Waals surface area contributed by atoms with Crippen LogP contribution in [0.1, 0.15) is 18.5 Å². The monoisotopic (exact) mass is 346 g/mol. The number of benzene rings is 1. The zero-order chi connectivity index (χ0) is 15.6. The van der Waals surface area contributed by atoms with Crippen molar-refractivity contribution in [3.8, 4) is 0 Å². The van der Waals surface area contributed by atoms with Gasteiger partial charge in [0.1, 0.15) is 5.02 Å². The predicted octanol–water partition coefficient (Wildman–Crippen LogP) is 3.35. The van der Waals surface area contributed by atoms with Gasteiger partial charge < -0.3 is 0 Å². The van der Waals surface area contributed by atoms with Crippen LogP contribution in [0.25, 0.3) is 0 Å². The van der Waals surface area contributed by atoms with Crippen molar-refractivity contribution in [1.82, 2.24) is 4.72 Å². The van der Waals surface area contributed by atoms with E-state index < -0.39 is 26.7 Å². The lowest BCUT2D eigenvalue weighted by atomic mass is 10.2. The molecule has 0 spiro atoms. The first-order valence-corrected chi connectivity index (χ1v) is 8.60. The van der Waals surface area contributed by atoms with E-state index in [2.05, 4.69) is 4.72 Å². The molecule has 112 valence electrons. The third-order valence-electron chi connectivity index (χ3n) is 2.80. The first-order valence-electron chi connectivity index (χ1n) is 5.79. The highest BCUT2D eigenvalue weighted by molar-refractivity contribution is 7.89. The van der Waals surface area contributed by atoms with Crippen LogP contribution in [0.5, 0.6) is 0 Å². The van der Waals surface area contributed by atoms with Gasteiger partial charge in [-0.3, -0.25) is 10.1 Å². The topological polar surface area (TPSA) is 89.3 Å². The Hall–Kier alpha value is -1.48. The fraction of sp³-hybridized carbons (Fsp3) is 0.167. The summed E-state index contributed by atoms with van der Waals surface area (Å²) in [4.78, 5) is 9.90. The molecular formula is C12H11ClN2O4S2. The van der Waals surface area contributed by atoms with Crippen molar-refractivity contribution in [3.05, 3.63) is 55.7 Å². The number of nitro groups is 1. The molecule has 0 saturated carbocycles. The van der Waals surface area contributed by atoms with E-state index in [4.69, 9.17) is 11.6 Å². The van der Waals surface area contributed by atoms with Gasteiger partial charge >= 0.3 is 0 Å². The fourth-order valence-electron chi connectivity index (χ4n) is 1.69. The van der Waals surface area contributed by atoms with E-state index in [-0.39, 0.29) is 9.92 Å². The smallest absolute Gasteiger partial charge is 0.258 e. The number of rotatable bonds is 5. The Morgan fingerprint density at radius 3 is 2.67 bits per heavy atom. The summed E-state index contributed by atoms with van der Waals surface area (Å²) in [5, 5.41) is 14.4. The predicted molar refractivity (Wildman–Crippen MR) is 81.2 cm³/mol. The number of hydrogen-bond donors (Lipinski definition) is 1. The van der Waals surface area contributed by atoms with Crippen LogP contribution in [0.2, 0.25) is 5.02 Å². The van der Waals surface area contributed by atoms with Gasteiger partial charge in [-0.05, 0) is 41.4 Å². The van der Waals surface area contributed by atoms with Crippen LogP contribution in [0.3, 0.4) is 0 Å². The highest BCUT2D eigenvalue weighted by Crippen LogP contribution is 2.28. The fourth-order valence-corrected chi connectivity index (χ4v) is 3.88. The molecule has 0 amide bonds. The second-order valence-electron chi connectivity index (χ2n) is 4.27. The first kappa shape index (κ1) is 15.9. The molecule has 0 saturated heterocycles. The Labute approximate surface area is 130 Å². The number of nitro benzene ring substituents is 1. The summed E-state index contributed by atoms with van der Waals surface area (Å²) in [7, 11) is -3.87. The normalized spacial score (nSPS) is 13.0. The number of sulfonamides is 1. The van der Waals surface area contributed by atoms with Crippen LogP contribution in [0, 0.1) is 10.1 Å². The van der Waals surface area contributed by atoms with Crippen molar-refractivity contribution in [2.24, 2.45) is 0 Å². The molecule has 2 aromatic rings. The minimum Gasteiger partial charge on any atom is -0.258 e. The average molecular weight is 347 g/mol. The van der Waals surface area contributed by atoms with Gasteiger partial charge in [0.05, 0.1) is 9.82 Å². The zero-order valence-electron chi connectivity index (χ0n) is 10.8. The molecule has 2 rings (SSSR count). The lowest BCUT2D eigenvalue weighted by Gasteiger charge is -2.13. The second-order valence-corrected chi connectivity index (χ2v) is 7.17. The largest absolute Gasteiger partial charge is 0.289 e. The van der Waals surface area contributed by atoms with E-state index in [1.807, 2.05) is 16.8 Å². The summed E-state index contributed by atoms with van der Waals surface area (Å²) >= 11 is 7.13.